The number of thioether (sulfide) groups is 2. The predicted octanol–water partition coefficient (Wildman–Crippen LogP) is 10.4. The lowest BCUT2D eigenvalue weighted by Gasteiger charge is -2.38. The molecular formula is C36H60O2S2Si2. The number of benzene rings is 2. The van der Waals surface area contributed by atoms with E-state index in [0.717, 1.165) is 22.6 Å². The van der Waals surface area contributed by atoms with Crippen LogP contribution in [0.2, 0.25) is 36.3 Å². The molecule has 2 aromatic rings. The zero-order chi connectivity index (χ0) is 31.7. The van der Waals surface area contributed by atoms with Crippen molar-refractivity contribution in [1.29, 1.82) is 0 Å². The van der Waals surface area contributed by atoms with Crippen LogP contribution in [0.1, 0.15) is 102 Å². The van der Waals surface area contributed by atoms with Gasteiger partial charge in [0.15, 0.2) is 0 Å². The summed E-state index contributed by atoms with van der Waals surface area (Å²) in [5, 5.41) is 27.0. The average molecular weight is 645 g/mol. The number of aryl methyl sites for hydroxylation is 2. The molecule has 236 valence electrons. The Labute approximate surface area is 269 Å². The standard InChI is InChI=1S/C36H60O2S2Si2/c1-25-19-27(33(37)31(21-25)41(9,10)35(3,4)5)23-39-29-17-15-13-14-16-18-30(29)40-24-28-20-26(2)22-32(34(28)38)42(11,12)36(6,7)8/h19-22,29-30,37-38H,13-18,23-24H2,1-12H3/t29-,30-/m1/s1. The van der Waals surface area contributed by atoms with E-state index in [2.05, 4.69) is 129 Å². The van der Waals surface area contributed by atoms with E-state index in [9.17, 15) is 10.2 Å². The first-order chi connectivity index (χ1) is 19.3. The van der Waals surface area contributed by atoms with Crippen LogP contribution in [-0.2, 0) is 11.5 Å². The van der Waals surface area contributed by atoms with Gasteiger partial charge in [-0.2, -0.15) is 23.5 Å². The molecule has 42 heavy (non-hydrogen) atoms. The van der Waals surface area contributed by atoms with Crippen LogP contribution in [0.5, 0.6) is 11.5 Å². The first-order valence-electron chi connectivity index (χ1n) is 16.2. The molecule has 0 spiro atoms. The monoisotopic (exact) mass is 644 g/mol. The Hall–Kier alpha value is -0.826. The number of phenols is 2. The maximum absolute atomic E-state index is 11.6. The molecular weight excluding hydrogens is 585 g/mol. The molecule has 1 aliphatic rings. The molecule has 1 saturated carbocycles. The van der Waals surface area contributed by atoms with E-state index in [1.165, 1.54) is 60.0 Å². The van der Waals surface area contributed by atoms with Gasteiger partial charge in [0, 0.05) is 33.1 Å². The van der Waals surface area contributed by atoms with Gasteiger partial charge < -0.3 is 10.2 Å². The third-order valence-corrected chi connectivity index (χ3v) is 24.9. The van der Waals surface area contributed by atoms with Crippen molar-refractivity contribution in [2.45, 2.75) is 152 Å². The fourth-order valence-corrected chi connectivity index (χ4v) is 13.2. The zero-order valence-corrected chi connectivity index (χ0v) is 32.5. The summed E-state index contributed by atoms with van der Waals surface area (Å²) in [6.07, 6.45) is 7.70. The molecule has 6 heteroatoms. The summed E-state index contributed by atoms with van der Waals surface area (Å²) >= 11 is 4.13. The SMILES string of the molecule is Cc1cc(CS[C@@H]2CCCCCC[C@H]2SCc2cc(C)cc([Si](C)(C)C(C)(C)C)c2O)c(O)c([Si](C)(C)C(C)(C)C)c1. The molecule has 0 bridgehead atoms. The van der Waals surface area contributed by atoms with Crippen LogP contribution < -0.4 is 10.4 Å². The van der Waals surface area contributed by atoms with Gasteiger partial charge in [-0.15, -0.1) is 0 Å². The average Bonchev–Trinajstić information content (AvgIpc) is 2.84. The van der Waals surface area contributed by atoms with Crippen LogP contribution in [-0.4, -0.2) is 36.9 Å². The minimum absolute atomic E-state index is 0.176. The van der Waals surface area contributed by atoms with Crippen LogP contribution >= 0.6 is 23.5 Å². The smallest absolute Gasteiger partial charge is 0.118 e. The van der Waals surface area contributed by atoms with Gasteiger partial charge in [-0.25, -0.2) is 0 Å². The Morgan fingerprint density at radius 3 is 1.26 bits per heavy atom. The summed E-state index contributed by atoms with van der Waals surface area (Å²) in [4.78, 5) is 0. The van der Waals surface area contributed by atoms with E-state index >= 15 is 0 Å². The third-order valence-electron chi connectivity index (χ3n) is 10.8. The summed E-state index contributed by atoms with van der Waals surface area (Å²) in [7, 11) is -3.72. The van der Waals surface area contributed by atoms with E-state index in [0.29, 0.717) is 22.0 Å². The van der Waals surface area contributed by atoms with Crippen LogP contribution in [0.25, 0.3) is 0 Å². The van der Waals surface area contributed by atoms with Crippen molar-refractivity contribution in [1.82, 2.24) is 0 Å². The van der Waals surface area contributed by atoms with Crippen molar-refractivity contribution in [3.8, 4) is 11.5 Å². The van der Waals surface area contributed by atoms with Crippen molar-refractivity contribution >= 4 is 50.0 Å². The van der Waals surface area contributed by atoms with Crippen molar-refractivity contribution < 1.29 is 10.2 Å². The van der Waals surface area contributed by atoms with Gasteiger partial charge >= 0.3 is 0 Å². The van der Waals surface area contributed by atoms with E-state index in [1.807, 2.05) is 0 Å². The second-order valence-corrected chi connectivity index (χ2v) is 29.1. The molecule has 2 aromatic carbocycles. The fourth-order valence-electron chi connectivity index (χ4n) is 5.88. The molecule has 0 radical (unpaired) electrons. The van der Waals surface area contributed by atoms with E-state index in [4.69, 9.17) is 0 Å². The molecule has 0 heterocycles. The number of rotatable bonds is 8. The first kappa shape index (κ1) is 35.7. The van der Waals surface area contributed by atoms with Crippen LogP contribution in [0.3, 0.4) is 0 Å². The highest BCUT2D eigenvalue weighted by atomic mass is 32.2. The van der Waals surface area contributed by atoms with Gasteiger partial charge in [-0.05, 0) is 47.1 Å². The number of phenolic OH excluding ortho intramolecular Hbond substituents is 2. The van der Waals surface area contributed by atoms with Gasteiger partial charge in [0.05, 0.1) is 16.1 Å². The van der Waals surface area contributed by atoms with Gasteiger partial charge in [0.2, 0.25) is 0 Å². The summed E-state index contributed by atoms with van der Waals surface area (Å²) in [5.74, 6) is 2.83. The quantitative estimate of drug-likeness (QED) is 0.281. The van der Waals surface area contributed by atoms with E-state index < -0.39 is 16.1 Å². The van der Waals surface area contributed by atoms with Crippen LogP contribution in [0.15, 0.2) is 24.3 Å². The molecule has 0 aliphatic heterocycles. The molecule has 0 aromatic heterocycles. The molecule has 3 rings (SSSR count). The molecule has 0 saturated heterocycles. The van der Waals surface area contributed by atoms with E-state index in [1.54, 1.807) is 0 Å². The molecule has 2 N–H and O–H groups in total. The van der Waals surface area contributed by atoms with Crippen LogP contribution in [0.4, 0.5) is 0 Å². The summed E-state index contributed by atoms with van der Waals surface area (Å²) in [5.41, 5.74) is 4.75. The van der Waals surface area contributed by atoms with Gasteiger partial charge in [-0.3, -0.25) is 0 Å². The molecule has 1 aliphatic carbocycles. The number of hydrogen-bond acceptors (Lipinski definition) is 4. The Balaban J connectivity index is 1.85. The predicted molar refractivity (Wildman–Crippen MR) is 197 cm³/mol. The lowest BCUT2D eigenvalue weighted by Crippen LogP contribution is -2.49. The van der Waals surface area contributed by atoms with Crippen molar-refractivity contribution in [3.63, 3.8) is 0 Å². The first-order valence-corrected chi connectivity index (χ1v) is 24.3. The highest BCUT2D eigenvalue weighted by Crippen LogP contribution is 2.42. The Kier molecular flexibility index (Phi) is 11.6. The summed E-state index contributed by atoms with van der Waals surface area (Å²) < 4.78 is 0. The molecule has 2 atom stereocenters. The molecule has 0 amide bonds. The number of aromatic hydroxyl groups is 2. The van der Waals surface area contributed by atoms with Crippen molar-refractivity contribution in [3.05, 3.63) is 46.5 Å². The molecule has 1 fully saturated rings. The number of hydrogen-bond donors (Lipinski definition) is 2. The molecule has 0 unspecified atom stereocenters. The fraction of sp³-hybridized carbons (Fsp3) is 0.667. The minimum Gasteiger partial charge on any atom is -0.508 e. The lowest BCUT2D eigenvalue weighted by molar-refractivity contribution is 0.473. The molecule has 2 nitrogen and oxygen atoms in total. The maximum atomic E-state index is 11.6. The lowest BCUT2D eigenvalue weighted by atomic mass is 10.00. The highest BCUT2D eigenvalue weighted by Gasteiger charge is 2.40. The Morgan fingerprint density at radius 2 is 0.952 bits per heavy atom. The second-order valence-electron chi connectivity index (χ2n) is 16.1. The normalized spacial score (nSPS) is 19.4. The second kappa shape index (κ2) is 13.7. The third kappa shape index (κ3) is 8.06. The van der Waals surface area contributed by atoms with Crippen molar-refractivity contribution in [2.75, 3.05) is 0 Å². The Morgan fingerprint density at radius 1 is 0.619 bits per heavy atom. The minimum atomic E-state index is -1.86. The van der Waals surface area contributed by atoms with Gasteiger partial charge in [0.1, 0.15) is 11.5 Å². The van der Waals surface area contributed by atoms with Gasteiger partial charge in [-0.1, -0.05) is 129 Å². The topological polar surface area (TPSA) is 40.5 Å². The van der Waals surface area contributed by atoms with Crippen LogP contribution in [0, 0.1) is 13.8 Å². The highest BCUT2D eigenvalue weighted by molar-refractivity contribution is 8.03. The van der Waals surface area contributed by atoms with Crippen molar-refractivity contribution in [2.24, 2.45) is 0 Å². The largest absolute Gasteiger partial charge is 0.508 e. The summed E-state index contributed by atoms with van der Waals surface area (Å²) in [6.45, 7) is 27.9. The maximum Gasteiger partial charge on any atom is 0.118 e. The summed E-state index contributed by atoms with van der Waals surface area (Å²) in [6, 6.07) is 8.94. The zero-order valence-electron chi connectivity index (χ0n) is 28.8. The van der Waals surface area contributed by atoms with Gasteiger partial charge in [0.25, 0.3) is 0 Å². The van der Waals surface area contributed by atoms with E-state index in [-0.39, 0.29) is 10.1 Å². The Bertz CT molecular complexity index is 1130.